The topological polar surface area (TPSA) is 50.7 Å². The van der Waals surface area contributed by atoms with Crippen LogP contribution in [0.5, 0.6) is 11.5 Å². The summed E-state index contributed by atoms with van der Waals surface area (Å²) in [6.45, 7) is 8.75. The van der Waals surface area contributed by atoms with E-state index in [2.05, 4.69) is 32.2 Å². The SMILES string of the molecule is CC(C)(C)C(CCO)NCc1ccc2c(c1)OCCO2. The normalized spacial score (nSPS) is 16.0. The van der Waals surface area contributed by atoms with Crippen LogP contribution in [0.25, 0.3) is 0 Å². The molecular formula is C16H25NO3. The number of nitrogens with one attached hydrogen (secondary N) is 1. The highest BCUT2D eigenvalue weighted by Gasteiger charge is 2.23. The highest BCUT2D eigenvalue weighted by Crippen LogP contribution is 2.31. The molecule has 1 atom stereocenters. The molecule has 0 saturated carbocycles. The monoisotopic (exact) mass is 279 g/mol. The summed E-state index contributed by atoms with van der Waals surface area (Å²) in [6.07, 6.45) is 0.758. The predicted molar refractivity (Wildman–Crippen MR) is 79.2 cm³/mol. The van der Waals surface area contributed by atoms with Crippen LogP contribution in [-0.2, 0) is 6.54 Å². The maximum absolute atomic E-state index is 9.18. The Kier molecular flexibility index (Phi) is 4.89. The molecule has 0 saturated heterocycles. The molecule has 4 nitrogen and oxygen atoms in total. The predicted octanol–water partition coefficient (Wildman–Crippen LogP) is 2.34. The zero-order valence-corrected chi connectivity index (χ0v) is 12.6. The van der Waals surface area contributed by atoms with Gasteiger partial charge in [-0.2, -0.15) is 0 Å². The lowest BCUT2D eigenvalue weighted by Crippen LogP contribution is -2.40. The standard InChI is InChI=1S/C16H25NO3/c1-16(2,3)15(6-7-18)17-11-12-4-5-13-14(10-12)20-9-8-19-13/h4-5,10,15,17-18H,6-9,11H2,1-3H3. The number of aliphatic hydroxyl groups excluding tert-OH is 1. The van der Waals surface area contributed by atoms with E-state index in [0.717, 1.165) is 24.5 Å². The molecule has 0 bridgehead atoms. The summed E-state index contributed by atoms with van der Waals surface area (Å²) in [7, 11) is 0. The fourth-order valence-electron chi connectivity index (χ4n) is 2.41. The average molecular weight is 279 g/mol. The summed E-state index contributed by atoms with van der Waals surface area (Å²) < 4.78 is 11.1. The van der Waals surface area contributed by atoms with E-state index in [-0.39, 0.29) is 18.1 Å². The summed E-state index contributed by atoms with van der Waals surface area (Å²) in [6, 6.07) is 6.32. The van der Waals surface area contributed by atoms with Crippen LogP contribution in [0, 0.1) is 5.41 Å². The van der Waals surface area contributed by atoms with Gasteiger partial charge in [0.2, 0.25) is 0 Å². The highest BCUT2D eigenvalue weighted by molar-refractivity contribution is 5.43. The van der Waals surface area contributed by atoms with Crippen LogP contribution in [0.4, 0.5) is 0 Å². The smallest absolute Gasteiger partial charge is 0.161 e. The second kappa shape index (κ2) is 6.46. The van der Waals surface area contributed by atoms with Gasteiger partial charge in [0.05, 0.1) is 0 Å². The van der Waals surface area contributed by atoms with E-state index in [1.165, 1.54) is 5.56 Å². The van der Waals surface area contributed by atoms with E-state index in [4.69, 9.17) is 9.47 Å². The molecule has 0 fully saturated rings. The van der Waals surface area contributed by atoms with Gasteiger partial charge >= 0.3 is 0 Å². The molecule has 1 aliphatic heterocycles. The van der Waals surface area contributed by atoms with Gasteiger partial charge < -0.3 is 19.9 Å². The Morgan fingerprint density at radius 3 is 2.55 bits per heavy atom. The summed E-state index contributed by atoms with van der Waals surface area (Å²) in [5.41, 5.74) is 1.29. The fraction of sp³-hybridized carbons (Fsp3) is 0.625. The lowest BCUT2D eigenvalue weighted by molar-refractivity contribution is 0.171. The van der Waals surface area contributed by atoms with Gasteiger partial charge in [-0.25, -0.2) is 0 Å². The minimum atomic E-state index is 0.122. The molecule has 1 heterocycles. The first kappa shape index (κ1) is 15.1. The molecular weight excluding hydrogens is 254 g/mol. The van der Waals surface area contributed by atoms with Crippen LogP contribution in [0.1, 0.15) is 32.8 Å². The lowest BCUT2D eigenvalue weighted by Gasteiger charge is -2.31. The van der Waals surface area contributed by atoms with Crippen molar-refractivity contribution in [2.24, 2.45) is 5.41 Å². The minimum absolute atomic E-state index is 0.122. The highest BCUT2D eigenvalue weighted by atomic mass is 16.6. The summed E-state index contributed by atoms with van der Waals surface area (Å²) in [5, 5.41) is 12.7. The van der Waals surface area contributed by atoms with Crippen LogP contribution in [0.3, 0.4) is 0 Å². The Labute approximate surface area is 121 Å². The van der Waals surface area contributed by atoms with Crippen molar-refractivity contribution in [2.45, 2.75) is 39.8 Å². The molecule has 1 unspecified atom stereocenters. The maximum Gasteiger partial charge on any atom is 0.161 e. The molecule has 1 aromatic rings. The van der Waals surface area contributed by atoms with Gasteiger partial charge in [-0.1, -0.05) is 26.8 Å². The van der Waals surface area contributed by atoms with E-state index in [1.807, 2.05) is 12.1 Å². The zero-order valence-electron chi connectivity index (χ0n) is 12.6. The molecule has 0 aliphatic carbocycles. The Bertz CT molecular complexity index is 440. The first-order valence-electron chi connectivity index (χ1n) is 7.23. The second-order valence-corrected chi connectivity index (χ2v) is 6.29. The number of hydrogen-bond donors (Lipinski definition) is 2. The minimum Gasteiger partial charge on any atom is -0.486 e. The van der Waals surface area contributed by atoms with Gasteiger partial charge in [-0.15, -0.1) is 0 Å². The largest absolute Gasteiger partial charge is 0.486 e. The van der Waals surface area contributed by atoms with Crippen molar-refractivity contribution >= 4 is 0 Å². The fourth-order valence-corrected chi connectivity index (χ4v) is 2.41. The van der Waals surface area contributed by atoms with Crippen molar-refractivity contribution in [3.63, 3.8) is 0 Å². The van der Waals surface area contributed by atoms with E-state index in [0.29, 0.717) is 13.2 Å². The number of aliphatic hydroxyl groups is 1. The Hall–Kier alpha value is -1.26. The molecule has 0 aromatic heterocycles. The summed E-state index contributed by atoms with van der Waals surface area (Å²) in [4.78, 5) is 0. The van der Waals surface area contributed by atoms with Crippen molar-refractivity contribution < 1.29 is 14.6 Å². The number of ether oxygens (including phenoxy) is 2. The van der Waals surface area contributed by atoms with E-state index in [9.17, 15) is 5.11 Å². The number of benzene rings is 1. The molecule has 0 radical (unpaired) electrons. The molecule has 4 heteroatoms. The maximum atomic E-state index is 9.18. The van der Waals surface area contributed by atoms with Crippen LogP contribution < -0.4 is 14.8 Å². The van der Waals surface area contributed by atoms with Gasteiger partial charge in [-0.3, -0.25) is 0 Å². The van der Waals surface area contributed by atoms with Crippen molar-refractivity contribution in [2.75, 3.05) is 19.8 Å². The van der Waals surface area contributed by atoms with Crippen LogP contribution in [0.2, 0.25) is 0 Å². The van der Waals surface area contributed by atoms with Gasteiger partial charge in [0.15, 0.2) is 11.5 Å². The first-order valence-corrected chi connectivity index (χ1v) is 7.23. The Balaban J connectivity index is 1.99. The Morgan fingerprint density at radius 1 is 1.20 bits per heavy atom. The second-order valence-electron chi connectivity index (χ2n) is 6.29. The van der Waals surface area contributed by atoms with Crippen molar-refractivity contribution in [1.29, 1.82) is 0 Å². The Morgan fingerprint density at radius 2 is 1.90 bits per heavy atom. The molecule has 2 rings (SSSR count). The third kappa shape index (κ3) is 3.87. The third-order valence-corrected chi connectivity index (χ3v) is 3.62. The van der Waals surface area contributed by atoms with Crippen LogP contribution in [-0.4, -0.2) is 31.0 Å². The van der Waals surface area contributed by atoms with E-state index < -0.39 is 0 Å². The van der Waals surface area contributed by atoms with Crippen molar-refractivity contribution in [1.82, 2.24) is 5.32 Å². The molecule has 2 N–H and O–H groups in total. The van der Waals surface area contributed by atoms with Gasteiger partial charge in [-0.05, 0) is 29.5 Å². The van der Waals surface area contributed by atoms with Crippen LogP contribution in [0.15, 0.2) is 18.2 Å². The molecule has 0 spiro atoms. The molecule has 20 heavy (non-hydrogen) atoms. The molecule has 112 valence electrons. The summed E-state index contributed by atoms with van der Waals surface area (Å²) >= 11 is 0. The third-order valence-electron chi connectivity index (χ3n) is 3.62. The zero-order chi connectivity index (χ0) is 14.6. The van der Waals surface area contributed by atoms with Crippen LogP contribution >= 0.6 is 0 Å². The lowest BCUT2D eigenvalue weighted by atomic mass is 9.85. The van der Waals surface area contributed by atoms with Gasteiger partial charge in [0, 0.05) is 19.2 Å². The van der Waals surface area contributed by atoms with Gasteiger partial charge in [0.1, 0.15) is 13.2 Å². The summed E-state index contributed by atoms with van der Waals surface area (Å²) in [5.74, 6) is 1.65. The molecule has 1 aliphatic rings. The van der Waals surface area contributed by atoms with E-state index in [1.54, 1.807) is 0 Å². The van der Waals surface area contributed by atoms with E-state index >= 15 is 0 Å². The van der Waals surface area contributed by atoms with Crippen molar-refractivity contribution in [3.05, 3.63) is 23.8 Å². The van der Waals surface area contributed by atoms with Gasteiger partial charge in [0.25, 0.3) is 0 Å². The average Bonchev–Trinajstić information content (AvgIpc) is 2.42. The number of hydrogen-bond acceptors (Lipinski definition) is 4. The van der Waals surface area contributed by atoms with Crippen molar-refractivity contribution in [3.8, 4) is 11.5 Å². The molecule has 0 amide bonds. The number of fused-ring (bicyclic) bond motifs is 1. The number of rotatable bonds is 5. The molecule has 1 aromatic carbocycles. The first-order chi connectivity index (χ1) is 9.50. The quantitative estimate of drug-likeness (QED) is 0.868.